The van der Waals surface area contributed by atoms with Gasteiger partial charge in [0.05, 0.1) is 11.3 Å². The minimum atomic E-state index is -4.16. The topological polar surface area (TPSA) is 98.9 Å². The van der Waals surface area contributed by atoms with Gasteiger partial charge in [-0.3, -0.25) is 0 Å². The minimum absolute atomic E-state index is 0.117. The zero-order chi connectivity index (χ0) is 21.2. The van der Waals surface area contributed by atoms with Crippen molar-refractivity contribution in [1.82, 2.24) is 0 Å². The molecule has 0 bridgehead atoms. The lowest BCUT2D eigenvalue weighted by Gasteiger charge is -2.25. The number of ether oxygens (including phenoxy) is 2. The number of benzene rings is 2. The van der Waals surface area contributed by atoms with Gasteiger partial charge in [-0.05, 0) is 57.9 Å². The summed E-state index contributed by atoms with van der Waals surface area (Å²) in [5.41, 5.74) is -0.0868. The van der Waals surface area contributed by atoms with Crippen LogP contribution in [0.25, 0.3) is 0 Å². The van der Waals surface area contributed by atoms with Crippen LogP contribution in [0.4, 0.5) is 5.69 Å². The van der Waals surface area contributed by atoms with Gasteiger partial charge in [0, 0.05) is 13.1 Å². The molecule has 1 aliphatic rings. The molecule has 1 heterocycles. The van der Waals surface area contributed by atoms with Crippen molar-refractivity contribution in [1.29, 1.82) is 0 Å². The van der Waals surface area contributed by atoms with Crippen LogP contribution < -0.4 is 14.8 Å². The highest BCUT2D eigenvalue weighted by Gasteiger charge is 2.29. The maximum absolute atomic E-state index is 12.7. The minimum Gasteiger partial charge on any atom is -0.456 e. The van der Waals surface area contributed by atoms with Crippen molar-refractivity contribution in [2.45, 2.75) is 44.1 Å². The molecule has 0 unspecified atom stereocenters. The van der Waals surface area contributed by atoms with E-state index in [0.29, 0.717) is 11.4 Å². The number of sulfonamides is 1. The lowest BCUT2D eigenvalue weighted by molar-refractivity contribution is 0.00692. The molecule has 1 aliphatic heterocycles. The van der Waals surface area contributed by atoms with Crippen molar-refractivity contribution in [2.24, 2.45) is 5.14 Å². The van der Waals surface area contributed by atoms with Gasteiger partial charge in [-0.15, -0.1) is 0 Å². The molecule has 156 valence electrons. The second kappa shape index (κ2) is 8.04. The van der Waals surface area contributed by atoms with Gasteiger partial charge in [0.25, 0.3) is 0 Å². The van der Waals surface area contributed by atoms with Gasteiger partial charge in [0.2, 0.25) is 10.0 Å². The predicted molar refractivity (Wildman–Crippen MR) is 111 cm³/mol. The van der Waals surface area contributed by atoms with Crippen LogP contribution >= 0.6 is 0 Å². The van der Waals surface area contributed by atoms with E-state index in [9.17, 15) is 13.2 Å². The highest BCUT2D eigenvalue weighted by atomic mass is 32.2. The third-order valence-corrected chi connectivity index (χ3v) is 5.30. The normalized spacial score (nSPS) is 14.7. The van der Waals surface area contributed by atoms with Crippen LogP contribution in [0.15, 0.2) is 47.4 Å². The quantitative estimate of drug-likeness (QED) is 0.744. The maximum atomic E-state index is 12.7. The molecule has 1 saturated heterocycles. The van der Waals surface area contributed by atoms with E-state index in [1.807, 2.05) is 11.0 Å². The van der Waals surface area contributed by atoms with Crippen molar-refractivity contribution in [3.63, 3.8) is 0 Å². The Labute approximate surface area is 171 Å². The summed E-state index contributed by atoms with van der Waals surface area (Å²) in [5, 5.41) is 5.50. The molecule has 0 amide bonds. The fraction of sp³-hybridized carbons (Fsp3) is 0.381. The number of esters is 1. The molecule has 8 heteroatoms. The van der Waals surface area contributed by atoms with E-state index in [1.165, 1.54) is 6.07 Å². The molecule has 0 spiro atoms. The summed E-state index contributed by atoms with van der Waals surface area (Å²) in [6.45, 7) is 6.71. The van der Waals surface area contributed by atoms with Gasteiger partial charge in [0.1, 0.15) is 16.2 Å². The van der Waals surface area contributed by atoms with Crippen molar-refractivity contribution in [3.8, 4) is 11.5 Å². The van der Waals surface area contributed by atoms with E-state index in [2.05, 4.69) is 0 Å². The van der Waals surface area contributed by atoms with E-state index >= 15 is 0 Å². The van der Waals surface area contributed by atoms with Crippen LogP contribution in [-0.4, -0.2) is 33.1 Å². The Kier molecular flexibility index (Phi) is 5.86. The summed E-state index contributed by atoms with van der Waals surface area (Å²) in [7, 11) is -4.16. The highest BCUT2D eigenvalue weighted by molar-refractivity contribution is 7.89. The number of hydrogen-bond donors (Lipinski definition) is 1. The SMILES string of the molecule is CC(C)(C)OC(=O)c1cc(N2CCCC2)c(Oc2ccccc2)c(S(N)(=O)=O)c1. The highest BCUT2D eigenvalue weighted by Crippen LogP contribution is 2.40. The standard InChI is InChI=1S/C21H26N2O5S/c1-21(2,3)28-20(24)15-13-17(23-11-7-8-12-23)19(18(14-15)29(22,25)26)27-16-9-5-4-6-10-16/h4-6,9-10,13-14H,7-8,11-12H2,1-3H3,(H2,22,25,26). The van der Waals surface area contributed by atoms with E-state index in [-0.39, 0.29) is 16.2 Å². The zero-order valence-electron chi connectivity index (χ0n) is 16.8. The van der Waals surface area contributed by atoms with Crippen LogP contribution in [-0.2, 0) is 14.8 Å². The molecule has 29 heavy (non-hydrogen) atoms. The van der Waals surface area contributed by atoms with E-state index in [1.54, 1.807) is 51.1 Å². The molecule has 1 fully saturated rings. The van der Waals surface area contributed by atoms with Crippen LogP contribution in [0.3, 0.4) is 0 Å². The molecular formula is C21H26N2O5S. The van der Waals surface area contributed by atoms with Gasteiger partial charge >= 0.3 is 5.97 Å². The van der Waals surface area contributed by atoms with Gasteiger partial charge in [-0.25, -0.2) is 18.4 Å². The largest absolute Gasteiger partial charge is 0.456 e. The van der Waals surface area contributed by atoms with Crippen molar-refractivity contribution in [2.75, 3.05) is 18.0 Å². The lowest BCUT2D eigenvalue weighted by Crippen LogP contribution is -2.25. The number of carbonyl (C=O) groups is 1. The lowest BCUT2D eigenvalue weighted by atomic mass is 10.1. The number of nitrogens with two attached hydrogens (primary N) is 1. The number of rotatable bonds is 5. The predicted octanol–water partition coefficient (Wildman–Crippen LogP) is 3.68. The molecule has 7 nitrogen and oxygen atoms in total. The molecule has 0 aliphatic carbocycles. The average Bonchev–Trinajstić information content (AvgIpc) is 3.14. The van der Waals surface area contributed by atoms with E-state index in [0.717, 1.165) is 25.9 Å². The average molecular weight is 419 g/mol. The van der Waals surface area contributed by atoms with Gasteiger partial charge in [-0.2, -0.15) is 0 Å². The van der Waals surface area contributed by atoms with Gasteiger partial charge < -0.3 is 14.4 Å². The van der Waals surface area contributed by atoms with Crippen LogP contribution in [0.2, 0.25) is 0 Å². The molecule has 2 aromatic carbocycles. The summed E-state index contributed by atoms with van der Waals surface area (Å²) >= 11 is 0. The number of anilines is 1. The van der Waals surface area contributed by atoms with Crippen LogP contribution in [0.5, 0.6) is 11.5 Å². The number of carbonyl (C=O) groups excluding carboxylic acids is 1. The van der Waals surface area contributed by atoms with Crippen molar-refractivity contribution in [3.05, 3.63) is 48.0 Å². The Bertz CT molecular complexity index is 992. The molecule has 0 atom stereocenters. The molecule has 3 rings (SSSR count). The van der Waals surface area contributed by atoms with Crippen LogP contribution in [0.1, 0.15) is 44.0 Å². The number of nitrogens with zero attached hydrogens (tertiary/aromatic N) is 1. The van der Waals surface area contributed by atoms with Crippen molar-refractivity contribution >= 4 is 21.7 Å². The first-order chi connectivity index (χ1) is 13.5. The summed E-state index contributed by atoms with van der Waals surface area (Å²) < 4.78 is 36.2. The van der Waals surface area contributed by atoms with Crippen molar-refractivity contribution < 1.29 is 22.7 Å². The van der Waals surface area contributed by atoms with Gasteiger partial charge in [-0.1, -0.05) is 18.2 Å². The summed E-state index contributed by atoms with van der Waals surface area (Å²) in [4.78, 5) is 14.4. The summed E-state index contributed by atoms with van der Waals surface area (Å²) in [6.07, 6.45) is 1.93. The monoisotopic (exact) mass is 418 g/mol. The Hall–Kier alpha value is -2.58. The maximum Gasteiger partial charge on any atom is 0.338 e. The zero-order valence-corrected chi connectivity index (χ0v) is 17.7. The fourth-order valence-electron chi connectivity index (χ4n) is 3.16. The second-order valence-corrected chi connectivity index (χ2v) is 9.51. The molecular weight excluding hydrogens is 392 g/mol. The molecule has 0 radical (unpaired) electrons. The Balaban J connectivity index is 2.17. The fourth-order valence-corrected chi connectivity index (χ4v) is 3.85. The first-order valence-electron chi connectivity index (χ1n) is 9.47. The Morgan fingerprint density at radius 1 is 1.07 bits per heavy atom. The van der Waals surface area contributed by atoms with Crippen LogP contribution in [0, 0.1) is 0 Å². The second-order valence-electron chi connectivity index (χ2n) is 7.98. The Morgan fingerprint density at radius 3 is 2.24 bits per heavy atom. The number of hydrogen-bond acceptors (Lipinski definition) is 6. The molecule has 0 saturated carbocycles. The third kappa shape index (κ3) is 5.27. The first-order valence-corrected chi connectivity index (χ1v) is 11.0. The summed E-state index contributed by atoms with van der Waals surface area (Å²) in [5.74, 6) is -0.0233. The number of para-hydroxylation sites is 1. The Morgan fingerprint density at radius 2 is 1.69 bits per heavy atom. The van der Waals surface area contributed by atoms with E-state index in [4.69, 9.17) is 14.6 Å². The third-order valence-electron chi connectivity index (χ3n) is 4.39. The first kappa shape index (κ1) is 21.1. The molecule has 2 aromatic rings. The van der Waals surface area contributed by atoms with Gasteiger partial charge in [0.15, 0.2) is 5.75 Å². The smallest absolute Gasteiger partial charge is 0.338 e. The summed E-state index contributed by atoms with van der Waals surface area (Å²) in [6, 6.07) is 11.7. The van der Waals surface area contributed by atoms with E-state index < -0.39 is 21.6 Å². The number of primary sulfonamides is 1. The molecule has 0 aromatic heterocycles. The molecule has 2 N–H and O–H groups in total.